The minimum atomic E-state index is -4.54. The Morgan fingerprint density at radius 3 is 2.41 bits per heavy atom. The Morgan fingerprint density at radius 2 is 1.71 bits per heavy atom. The van der Waals surface area contributed by atoms with Crippen molar-refractivity contribution in [1.29, 1.82) is 0 Å². The number of carboxylic acid groups (broad SMARTS) is 1. The number of rotatable bonds is 6. The molecule has 210 valence electrons. The van der Waals surface area contributed by atoms with Gasteiger partial charge in [0, 0.05) is 36.9 Å². The van der Waals surface area contributed by atoms with Crippen LogP contribution in [0.1, 0.15) is 47.1 Å². The maximum Gasteiger partial charge on any atom is 0.417 e. The lowest BCUT2D eigenvalue weighted by molar-refractivity contribution is -0.138. The first-order valence-electron chi connectivity index (χ1n) is 13.2. The van der Waals surface area contributed by atoms with Crippen molar-refractivity contribution in [3.63, 3.8) is 0 Å². The molecule has 4 aromatic rings. The number of aromatic nitrogens is 1. The van der Waals surface area contributed by atoms with Gasteiger partial charge < -0.3 is 19.1 Å². The smallest absolute Gasteiger partial charge is 0.417 e. The SMILES string of the molecule is Cn1cc(-c2ccc(-c3c(C(F)(F)F)ccc4c3CC[C@H]4Oc3ccc4c(c3)OCC4CC(=O)O)cc2)ccc1=O. The molecule has 41 heavy (non-hydrogen) atoms. The third-order valence-corrected chi connectivity index (χ3v) is 7.81. The van der Waals surface area contributed by atoms with E-state index in [1.54, 1.807) is 61.8 Å². The highest BCUT2D eigenvalue weighted by Crippen LogP contribution is 2.47. The van der Waals surface area contributed by atoms with Gasteiger partial charge in [0.05, 0.1) is 18.6 Å². The molecular weight excluding hydrogens is 535 g/mol. The Balaban J connectivity index is 1.32. The largest absolute Gasteiger partial charge is 0.492 e. The van der Waals surface area contributed by atoms with Crippen molar-refractivity contribution in [1.82, 2.24) is 4.57 Å². The summed E-state index contributed by atoms with van der Waals surface area (Å²) in [6.45, 7) is 0.280. The number of aryl methyl sites for hydroxylation is 1. The fourth-order valence-electron chi connectivity index (χ4n) is 5.82. The van der Waals surface area contributed by atoms with Gasteiger partial charge in [-0.3, -0.25) is 9.59 Å². The van der Waals surface area contributed by atoms with Crippen LogP contribution in [0.3, 0.4) is 0 Å². The Kier molecular flexibility index (Phi) is 6.60. The Morgan fingerprint density at radius 1 is 1.00 bits per heavy atom. The van der Waals surface area contributed by atoms with E-state index in [1.165, 1.54) is 16.7 Å². The average Bonchev–Trinajstić information content (AvgIpc) is 3.52. The minimum absolute atomic E-state index is 0.0283. The van der Waals surface area contributed by atoms with E-state index in [0.717, 1.165) is 22.8 Å². The summed E-state index contributed by atoms with van der Waals surface area (Å²) in [5, 5.41) is 9.13. The van der Waals surface area contributed by atoms with E-state index in [-0.39, 0.29) is 30.1 Å². The number of hydrogen-bond acceptors (Lipinski definition) is 4. The maximum atomic E-state index is 14.2. The molecule has 0 fully saturated rings. The number of benzene rings is 3. The van der Waals surface area contributed by atoms with Crippen LogP contribution < -0.4 is 15.0 Å². The zero-order chi connectivity index (χ0) is 28.9. The van der Waals surface area contributed by atoms with E-state index < -0.39 is 23.8 Å². The van der Waals surface area contributed by atoms with Crippen molar-refractivity contribution in [2.24, 2.45) is 7.05 Å². The lowest BCUT2D eigenvalue weighted by Gasteiger charge is -2.20. The highest BCUT2D eigenvalue weighted by Gasteiger charge is 2.38. The molecule has 6 nitrogen and oxygen atoms in total. The van der Waals surface area contributed by atoms with Gasteiger partial charge in [-0.2, -0.15) is 13.2 Å². The number of ether oxygens (including phenoxy) is 2. The number of aliphatic carboxylic acids is 1. The molecule has 3 aromatic carbocycles. The molecule has 1 aliphatic heterocycles. The molecule has 1 unspecified atom stereocenters. The topological polar surface area (TPSA) is 77.8 Å². The molecule has 2 atom stereocenters. The van der Waals surface area contributed by atoms with E-state index in [4.69, 9.17) is 14.6 Å². The molecule has 2 heterocycles. The van der Waals surface area contributed by atoms with Gasteiger partial charge in [0.1, 0.15) is 17.6 Å². The van der Waals surface area contributed by atoms with Crippen molar-refractivity contribution in [3.05, 3.63) is 106 Å². The maximum absolute atomic E-state index is 14.2. The average molecular weight is 562 g/mol. The van der Waals surface area contributed by atoms with Gasteiger partial charge in [0.25, 0.3) is 0 Å². The summed E-state index contributed by atoms with van der Waals surface area (Å²) in [6, 6.07) is 17.9. The number of hydrogen-bond donors (Lipinski definition) is 1. The van der Waals surface area contributed by atoms with Gasteiger partial charge >= 0.3 is 12.1 Å². The van der Waals surface area contributed by atoms with Gasteiger partial charge in [0.2, 0.25) is 5.56 Å². The van der Waals surface area contributed by atoms with Crippen LogP contribution in [0.2, 0.25) is 0 Å². The standard InChI is InChI=1S/C32H26F3NO5/c1-36-16-20(6-13-29(36)37)18-2-4-19(5-3-18)31-25-10-12-27(24(25)9-11-26(31)32(33,34)35)41-22-7-8-23-21(14-30(38)39)17-40-28(23)15-22/h2-9,11,13,15-16,21,27H,10,12,14,17H2,1H3,(H,38,39)/t21?,27-/m1/s1. The minimum Gasteiger partial charge on any atom is -0.492 e. The normalized spacial score (nSPS) is 17.6. The summed E-state index contributed by atoms with van der Waals surface area (Å²) in [5.41, 5.74) is 3.48. The molecule has 1 aliphatic carbocycles. The number of fused-ring (bicyclic) bond motifs is 2. The first-order valence-corrected chi connectivity index (χ1v) is 13.2. The number of alkyl halides is 3. The zero-order valence-corrected chi connectivity index (χ0v) is 22.1. The van der Waals surface area contributed by atoms with Crippen LogP contribution in [0.5, 0.6) is 11.5 Å². The molecule has 0 spiro atoms. The number of carbonyl (C=O) groups is 1. The molecular formula is C32H26F3NO5. The Hall–Kier alpha value is -4.53. The lowest BCUT2D eigenvalue weighted by Crippen LogP contribution is -2.13. The lowest BCUT2D eigenvalue weighted by atomic mass is 9.90. The van der Waals surface area contributed by atoms with Gasteiger partial charge in [0.15, 0.2) is 0 Å². The highest BCUT2D eigenvalue weighted by molar-refractivity contribution is 5.77. The van der Waals surface area contributed by atoms with Crippen molar-refractivity contribution in [2.45, 2.75) is 37.5 Å². The number of pyridine rings is 1. The van der Waals surface area contributed by atoms with E-state index >= 15 is 0 Å². The summed E-state index contributed by atoms with van der Waals surface area (Å²) >= 11 is 0. The monoisotopic (exact) mass is 561 g/mol. The van der Waals surface area contributed by atoms with Crippen LogP contribution in [-0.4, -0.2) is 22.2 Å². The molecule has 1 N–H and O–H groups in total. The quantitative estimate of drug-likeness (QED) is 0.282. The molecule has 0 radical (unpaired) electrons. The van der Waals surface area contributed by atoms with Gasteiger partial charge in [-0.1, -0.05) is 36.4 Å². The van der Waals surface area contributed by atoms with Crippen molar-refractivity contribution in [3.8, 4) is 33.8 Å². The van der Waals surface area contributed by atoms with E-state index in [1.807, 2.05) is 0 Å². The second-order valence-electron chi connectivity index (χ2n) is 10.4. The van der Waals surface area contributed by atoms with Crippen LogP contribution >= 0.6 is 0 Å². The molecule has 9 heteroatoms. The van der Waals surface area contributed by atoms with E-state index in [9.17, 15) is 22.8 Å². The number of halogens is 3. The first kappa shape index (κ1) is 26.7. The summed E-state index contributed by atoms with van der Waals surface area (Å²) in [4.78, 5) is 22.9. The summed E-state index contributed by atoms with van der Waals surface area (Å²) in [7, 11) is 1.65. The molecule has 2 aliphatic rings. The summed E-state index contributed by atoms with van der Waals surface area (Å²) < 4.78 is 56.0. The fraction of sp³-hybridized carbons (Fsp3) is 0.250. The van der Waals surface area contributed by atoms with Gasteiger partial charge in [-0.05, 0) is 64.4 Å². The van der Waals surface area contributed by atoms with Crippen LogP contribution in [0.4, 0.5) is 13.2 Å². The van der Waals surface area contributed by atoms with Gasteiger partial charge in [-0.25, -0.2) is 0 Å². The predicted molar refractivity (Wildman–Crippen MR) is 146 cm³/mol. The Bertz CT molecular complexity index is 1710. The fourth-order valence-corrected chi connectivity index (χ4v) is 5.82. The van der Waals surface area contributed by atoms with Crippen molar-refractivity contribution >= 4 is 5.97 Å². The first-order chi connectivity index (χ1) is 19.6. The second kappa shape index (κ2) is 10.1. The third kappa shape index (κ3) is 5.08. The Labute approximate surface area is 233 Å². The van der Waals surface area contributed by atoms with E-state index in [0.29, 0.717) is 41.0 Å². The van der Waals surface area contributed by atoms with Crippen LogP contribution in [0.15, 0.2) is 77.7 Å². The zero-order valence-electron chi connectivity index (χ0n) is 22.1. The van der Waals surface area contributed by atoms with Crippen LogP contribution in [-0.2, 0) is 24.4 Å². The molecule has 0 amide bonds. The summed E-state index contributed by atoms with van der Waals surface area (Å²) in [5.74, 6) is -0.0448. The van der Waals surface area contributed by atoms with E-state index in [2.05, 4.69) is 0 Å². The number of nitrogens with zero attached hydrogens (tertiary/aromatic N) is 1. The predicted octanol–water partition coefficient (Wildman–Crippen LogP) is 6.76. The van der Waals surface area contributed by atoms with Crippen molar-refractivity contribution in [2.75, 3.05) is 6.61 Å². The molecule has 0 bridgehead atoms. The summed E-state index contributed by atoms with van der Waals surface area (Å²) in [6.07, 6.45) is -2.38. The van der Waals surface area contributed by atoms with Gasteiger partial charge in [-0.15, -0.1) is 0 Å². The molecule has 1 aromatic heterocycles. The molecule has 0 saturated heterocycles. The van der Waals surface area contributed by atoms with Crippen LogP contribution in [0, 0.1) is 0 Å². The van der Waals surface area contributed by atoms with Crippen LogP contribution in [0.25, 0.3) is 22.3 Å². The second-order valence-corrected chi connectivity index (χ2v) is 10.4. The third-order valence-electron chi connectivity index (χ3n) is 7.81. The molecule has 6 rings (SSSR count). The number of carboxylic acids is 1. The molecule has 0 saturated carbocycles. The highest BCUT2D eigenvalue weighted by atomic mass is 19.4. The van der Waals surface area contributed by atoms with Crippen molar-refractivity contribution < 1.29 is 32.5 Å².